The third-order valence-electron chi connectivity index (χ3n) is 4.01. The van der Waals surface area contributed by atoms with E-state index in [4.69, 9.17) is 9.84 Å². The van der Waals surface area contributed by atoms with Gasteiger partial charge in [0, 0.05) is 19.2 Å². The largest absolute Gasteiger partial charge is 0.495 e. The lowest BCUT2D eigenvalue weighted by Gasteiger charge is -2.13. The molecule has 0 aliphatic carbocycles. The zero-order valence-electron chi connectivity index (χ0n) is 14.3. The van der Waals surface area contributed by atoms with Gasteiger partial charge in [0.15, 0.2) is 0 Å². The van der Waals surface area contributed by atoms with Gasteiger partial charge in [-0.05, 0) is 37.2 Å². The maximum atomic E-state index is 12.1. The van der Waals surface area contributed by atoms with Gasteiger partial charge in [0.25, 0.3) is 0 Å². The first-order valence-electron chi connectivity index (χ1n) is 7.60. The molecule has 1 unspecified atom stereocenters. The number of carbonyl (C=O) groups is 2. The Labute approximate surface area is 158 Å². The zero-order chi connectivity index (χ0) is 18.6. The molecule has 0 bridgehead atoms. The molecule has 8 nitrogen and oxygen atoms in total. The fourth-order valence-electron chi connectivity index (χ4n) is 2.55. The van der Waals surface area contributed by atoms with Crippen molar-refractivity contribution in [2.45, 2.75) is 11.3 Å². The molecule has 1 saturated heterocycles. The molecule has 1 aliphatic heterocycles. The van der Waals surface area contributed by atoms with E-state index in [2.05, 4.69) is 4.72 Å². The highest BCUT2D eigenvalue weighted by Gasteiger charge is 2.29. The van der Waals surface area contributed by atoms with Crippen LogP contribution >= 0.6 is 12.4 Å². The molecule has 1 aromatic carbocycles. The number of sulfonamides is 1. The molecule has 0 radical (unpaired) electrons. The van der Waals surface area contributed by atoms with Gasteiger partial charge in [0.1, 0.15) is 10.6 Å². The molecule has 1 fully saturated rings. The molecule has 1 aromatic rings. The zero-order valence-corrected chi connectivity index (χ0v) is 16.0. The van der Waals surface area contributed by atoms with Crippen LogP contribution in [-0.4, -0.2) is 57.5 Å². The Bertz CT molecular complexity index is 809. The van der Waals surface area contributed by atoms with E-state index in [-0.39, 0.29) is 35.5 Å². The van der Waals surface area contributed by atoms with Crippen LogP contribution < -0.4 is 9.46 Å². The average Bonchev–Trinajstić information content (AvgIpc) is 3.10. The van der Waals surface area contributed by atoms with E-state index in [9.17, 15) is 18.0 Å². The number of rotatable bonds is 6. The van der Waals surface area contributed by atoms with Crippen LogP contribution in [0.15, 0.2) is 29.2 Å². The fraction of sp³-hybridized carbons (Fsp3) is 0.375. The van der Waals surface area contributed by atoms with E-state index < -0.39 is 21.9 Å². The first-order valence-corrected chi connectivity index (χ1v) is 9.08. The molecule has 1 heterocycles. The van der Waals surface area contributed by atoms with Crippen molar-refractivity contribution in [1.82, 2.24) is 9.62 Å². The molecular formula is C16H21ClN2O6S. The van der Waals surface area contributed by atoms with Crippen molar-refractivity contribution in [2.75, 3.05) is 27.2 Å². The lowest BCUT2D eigenvalue weighted by molar-refractivity contribution is -0.141. The van der Waals surface area contributed by atoms with Crippen LogP contribution in [0.2, 0.25) is 0 Å². The number of amides is 1. The van der Waals surface area contributed by atoms with Gasteiger partial charge in [-0.2, -0.15) is 0 Å². The monoisotopic (exact) mass is 404 g/mol. The summed E-state index contributed by atoms with van der Waals surface area (Å²) in [7, 11) is -1.03. The standard InChI is InChI=1S/C16H20N2O6S.ClH/c1-17-25(22,23)14-9-11(3-5-13(14)24-2)4-6-15(19)18-8-7-12(10-18)16(20)21;/h3-6,9,12,17H,7-8,10H2,1-2H3,(H,20,21);1H/b6-4+;. The van der Waals surface area contributed by atoms with Gasteiger partial charge in [0.05, 0.1) is 13.0 Å². The number of carbonyl (C=O) groups excluding carboxylic acids is 1. The Hall–Kier alpha value is -2.10. The van der Waals surface area contributed by atoms with Crippen LogP contribution in [0.25, 0.3) is 6.08 Å². The second kappa shape index (κ2) is 9.02. The second-order valence-corrected chi connectivity index (χ2v) is 7.41. The molecule has 26 heavy (non-hydrogen) atoms. The normalized spacial score (nSPS) is 17.2. The number of nitrogens with zero attached hydrogens (tertiary/aromatic N) is 1. The predicted molar refractivity (Wildman–Crippen MR) is 97.8 cm³/mol. The van der Waals surface area contributed by atoms with Gasteiger partial charge in [-0.15, -0.1) is 12.4 Å². The lowest BCUT2D eigenvalue weighted by atomic mass is 10.1. The minimum atomic E-state index is -3.70. The molecule has 1 amide bonds. The van der Waals surface area contributed by atoms with Crippen molar-refractivity contribution in [3.63, 3.8) is 0 Å². The second-order valence-electron chi connectivity index (χ2n) is 5.56. The number of ether oxygens (including phenoxy) is 1. The number of hydrogen-bond donors (Lipinski definition) is 2. The summed E-state index contributed by atoms with van der Waals surface area (Å²) in [6, 6.07) is 4.53. The molecule has 2 rings (SSSR count). The third kappa shape index (κ3) is 4.96. The van der Waals surface area contributed by atoms with E-state index in [0.29, 0.717) is 18.5 Å². The highest BCUT2D eigenvalue weighted by Crippen LogP contribution is 2.25. The number of carboxylic acid groups (broad SMARTS) is 1. The van der Waals surface area contributed by atoms with E-state index >= 15 is 0 Å². The number of hydrogen-bond acceptors (Lipinski definition) is 5. The quantitative estimate of drug-likeness (QED) is 0.683. The Morgan fingerprint density at radius 1 is 1.38 bits per heavy atom. The minimum Gasteiger partial charge on any atom is -0.495 e. The van der Waals surface area contributed by atoms with E-state index in [1.807, 2.05) is 0 Å². The third-order valence-corrected chi connectivity index (χ3v) is 5.45. The molecule has 144 valence electrons. The highest BCUT2D eigenvalue weighted by atomic mass is 35.5. The van der Waals surface area contributed by atoms with Gasteiger partial charge in [-0.3, -0.25) is 9.59 Å². The predicted octanol–water partition coefficient (Wildman–Crippen LogP) is 0.971. The number of likely N-dealkylation sites (tertiary alicyclic amines) is 1. The van der Waals surface area contributed by atoms with Crippen LogP contribution in [0.1, 0.15) is 12.0 Å². The smallest absolute Gasteiger partial charge is 0.308 e. The maximum absolute atomic E-state index is 12.1. The van der Waals surface area contributed by atoms with Crippen molar-refractivity contribution in [1.29, 1.82) is 0 Å². The van der Waals surface area contributed by atoms with E-state index in [1.165, 1.54) is 43.3 Å². The van der Waals surface area contributed by atoms with Gasteiger partial charge in [-0.25, -0.2) is 13.1 Å². The topological polar surface area (TPSA) is 113 Å². The van der Waals surface area contributed by atoms with Crippen LogP contribution in [0.4, 0.5) is 0 Å². The van der Waals surface area contributed by atoms with Gasteiger partial charge >= 0.3 is 5.97 Å². The summed E-state index contributed by atoms with van der Waals surface area (Å²) >= 11 is 0. The Morgan fingerprint density at radius 3 is 2.62 bits per heavy atom. The molecule has 1 atom stereocenters. The Kier molecular flexibility index (Phi) is 7.61. The van der Waals surface area contributed by atoms with Crippen LogP contribution in [0, 0.1) is 5.92 Å². The average molecular weight is 405 g/mol. The molecule has 2 N–H and O–H groups in total. The number of benzene rings is 1. The molecular weight excluding hydrogens is 384 g/mol. The summed E-state index contributed by atoms with van der Waals surface area (Å²) in [4.78, 5) is 24.5. The summed E-state index contributed by atoms with van der Waals surface area (Å²) in [5.41, 5.74) is 0.511. The summed E-state index contributed by atoms with van der Waals surface area (Å²) in [5, 5.41) is 8.97. The van der Waals surface area contributed by atoms with Gasteiger partial charge in [0.2, 0.25) is 15.9 Å². The Morgan fingerprint density at radius 2 is 2.08 bits per heavy atom. The SMILES string of the molecule is CNS(=O)(=O)c1cc(/C=C/C(=O)N2CCC(C(=O)O)C2)ccc1OC.Cl. The van der Waals surface area contributed by atoms with Crippen LogP contribution in [0.5, 0.6) is 5.75 Å². The molecule has 10 heteroatoms. The summed E-state index contributed by atoms with van der Waals surface area (Å²) < 4.78 is 31.3. The van der Waals surface area contributed by atoms with Crippen molar-refractivity contribution >= 4 is 40.4 Å². The molecule has 1 aliphatic rings. The number of halogens is 1. The minimum absolute atomic E-state index is 0. The lowest BCUT2D eigenvalue weighted by Crippen LogP contribution is -2.28. The molecule has 0 spiro atoms. The van der Waals surface area contributed by atoms with Gasteiger partial charge in [-0.1, -0.05) is 6.07 Å². The molecule has 0 aromatic heterocycles. The number of methoxy groups -OCH3 is 1. The maximum Gasteiger partial charge on any atom is 0.308 e. The first kappa shape index (κ1) is 21.9. The van der Waals surface area contributed by atoms with E-state index in [0.717, 1.165) is 0 Å². The number of carboxylic acids is 1. The van der Waals surface area contributed by atoms with Gasteiger partial charge < -0.3 is 14.7 Å². The van der Waals surface area contributed by atoms with Crippen molar-refractivity contribution in [2.24, 2.45) is 5.92 Å². The van der Waals surface area contributed by atoms with Crippen molar-refractivity contribution in [3.05, 3.63) is 29.8 Å². The van der Waals surface area contributed by atoms with Crippen LogP contribution in [-0.2, 0) is 19.6 Å². The fourth-order valence-corrected chi connectivity index (χ4v) is 3.48. The summed E-state index contributed by atoms with van der Waals surface area (Å²) in [6.45, 7) is 0.572. The Balaban J connectivity index is 0.00000338. The number of nitrogens with one attached hydrogen (secondary N) is 1. The van der Waals surface area contributed by atoms with E-state index in [1.54, 1.807) is 6.07 Å². The summed E-state index contributed by atoms with van der Waals surface area (Å²) in [6.07, 6.45) is 3.23. The number of aliphatic carboxylic acids is 1. The highest BCUT2D eigenvalue weighted by molar-refractivity contribution is 7.89. The molecule has 0 saturated carbocycles. The summed E-state index contributed by atoms with van der Waals surface area (Å²) in [5.74, 6) is -1.55. The van der Waals surface area contributed by atoms with Crippen molar-refractivity contribution < 1.29 is 27.9 Å². The first-order chi connectivity index (χ1) is 11.8. The van der Waals surface area contributed by atoms with Crippen molar-refractivity contribution in [3.8, 4) is 5.75 Å². The van der Waals surface area contributed by atoms with Crippen LogP contribution in [0.3, 0.4) is 0 Å².